The van der Waals surface area contributed by atoms with Crippen molar-refractivity contribution in [3.63, 3.8) is 0 Å². The van der Waals surface area contributed by atoms with Crippen molar-refractivity contribution in [1.82, 2.24) is 20.4 Å². The standard InChI is InChI=1S/C27H28FN5O5S.C2HF3O2/c1-37-24-7-3-6-23-25(24)26(32-39(35,36)21-10-8-20(28)9-11-21)31-33(23)16-19-5-2-4-18(14-19)15-30-27(34)22-17-38-13-12-29-22;3-2(4,5)1(6)7/h2-11,14,22,29H,12-13,15-17H2,1H3,(H,30,34)(H,31,32);(H,6,7)/t22-;/m1./s1. The van der Waals surface area contributed by atoms with Crippen molar-refractivity contribution in [2.24, 2.45) is 0 Å². The summed E-state index contributed by atoms with van der Waals surface area (Å²) in [4.78, 5) is 21.2. The lowest BCUT2D eigenvalue weighted by Gasteiger charge is -2.22. The Hall–Kier alpha value is -4.74. The lowest BCUT2D eigenvalue weighted by Crippen LogP contribution is -2.51. The predicted molar refractivity (Wildman–Crippen MR) is 157 cm³/mol. The molecular formula is C29H29F4N5O7S. The molecule has 1 aromatic heterocycles. The molecule has 0 spiro atoms. The molecule has 4 N–H and O–H groups in total. The van der Waals surface area contributed by atoms with E-state index in [0.29, 0.717) is 49.5 Å². The summed E-state index contributed by atoms with van der Waals surface area (Å²) in [5.74, 6) is -2.87. The number of carbonyl (C=O) groups is 2. The number of ether oxygens (including phenoxy) is 2. The summed E-state index contributed by atoms with van der Waals surface area (Å²) < 4.78 is 86.2. The number of benzene rings is 3. The van der Waals surface area contributed by atoms with Gasteiger partial charge in [-0.2, -0.15) is 18.3 Å². The van der Waals surface area contributed by atoms with Crippen LogP contribution in [0.1, 0.15) is 11.1 Å². The fourth-order valence-electron chi connectivity index (χ4n) is 4.42. The van der Waals surface area contributed by atoms with E-state index in [0.717, 1.165) is 23.3 Å². The monoisotopic (exact) mass is 667 g/mol. The van der Waals surface area contributed by atoms with Crippen LogP contribution in [0, 0.1) is 5.82 Å². The van der Waals surface area contributed by atoms with Crippen molar-refractivity contribution in [3.8, 4) is 5.75 Å². The molecule has 1 amide bonds. The molecule has 12 nitrogen and oxygen atoms in total. The normalized spacial score (nSPS) is 15.0. The Morgan fingerprint density at radius 1 is 1.11 bits per heavy atom. The third-order valence-corrected chi connectivity index (χ3v) is 7.94. The Balaban J connectivity index is 0.000000617. The number of hydrogen-bond acceptors (Lipinski definition) is 8. The van der Waals surface area contributed by atoms with Crippen LogP contribution in [-0.2, 0) is 37.4 Å². The first-order valence-corrected chi connectivity index (χ1v) is 15.1. The Labute approximate surface area is 260 Å². The van der Waals surface area contributed by atoms with Crippen LogP contribution in [0.4, 0.5) is 23.4 Å². The first kappa shape index (κ1) is 34.1. The number of amides is 1. The fourth-order valence-corrected chi connectivity index (χ4v) is 5.43. The van der Waals surface area contributed by atoms with Gasteiger partial charge in [0.15, 0.2) is 5.82 Å². The van der Waals surface area contributed by atoms with Crippen LogP contribution in [-0.4, -0.2) is 74.3 Å². The number of carboxylic acids is 1. The zero-order chi connectivity index (χ0) is 33.5. The highest BCUT2D eigenvalue weighted by Crippen LogP contribution is 2.33. The number of nitrogens with one attached hydrogen (secondary N) is 3. The van der Waals surface area contributed by atoms with Gasteiger partial charge in [0.1, 0.15) is 17.6 Å². The molecular weight excluding hydrogens is 638 g/mol. The van der Waals surface area contributed by atoms with Gasteiger partial charge in [-0.3, -0.25) is 14.2 Å². The highest BCUT2D eigenvalue weighted by Gasteiger charge is 2.38. The number of anilines is 1. The van der Waals surface area contributed by atoms with Gasteiger partial charge in [0.2, 0.25) is 5.91 Å². The van der Waals surface area contributed by atoms with Crippen molar-refractivity contribution in [2.45, 2.75) is 30.2 Å². The molecule has 1 aliphatic rings. The van der Waals surface area contributed by atoms with Gasteiger partial charge in [0.05, 0.1) is 42.7 Å². The van der Waals surface area contributed by atoms with E-state index in [1.54, 1.807) is 16.8 Å². The van der Waals surface area contributed by atoms with Gasteiger partial charge < -0.3 is 25.2 Å². The largest absolute Gasteiger partial charge is 0.496 e. The van der Waals surface area contributed by atoms with E-state index in [4.69, 9.17) is 19.4 Å². The minimum atomic E-state index is -5.08. The van der Waals surface area contributed by atoms with Crippen LogP contribution < -0.4 is 20.1 Å². The number of carboxylic acid groups (broad SMARTS) is 1. The van der Waals surface area contributed by atoms with Crippen LogP contribution in [0.2, 0.25) is 0 Å². The molecule has 5 rings (SSSR count). The fraction of sp³-hybridized carbons (Fsp3) is 0.276. The molecule has 0 bridgehead atoms. The molecule has 246 valence electrons. The number of fused-ring (bicyclic) bond motifs is 1. The van der Waals surface area contributed by atoms with E-state index in [9.17, 15) is 30.8 Å². The second-order valence-corrected chi connectivity index (χ2v) is 11.5. The molecule has 0 radical (unpaired) electrons. The van der Waals surface area contributed by atoms with Gasteiger partial charge in [-0.15, -0.1) is 0 Å². The van der Waals surface area contributed by atoms with Crippen molar-refractivity contribution in [2.75, 3.05) is 31.6 Å². The SMILES string of the molecule is COc1cccc2c1c(NS(=O)(=O)c1ccc(F)cc1)nn2Cc1cccc(CNC(=O)[C@H]2COCCN2)c1.O=C(O)C(F)(F)F. The number of sulfonamides is 1. The van der Waals surface area contributed by atoms with Gasteiger partial charge in [-0.25, -0.2) is 17.6 Å². The number of methoxy groups -OCH3 is 1. The summed E-state index contributed by atoms with van der Waals surface area (Å²) in [6.07, 6.45) is -5.08. The van der Waals surface area contributed by atoms with Crippen LogP contribution in [0.25, 0.3) is 10.9 Å². The number of aliphatic carboxylic acids is 1. The number of rotatable bonds is 9. The molecule has 46 heavy (non-hydrogen) atoms. The number of carbonyl (C=O) groups excluding carboxylic acids is 1. The zero-order valence-corrected chi connectivity index (χ0v) is 25.0. The molecule has 4 aromatic rings. The second kappa shape index (κ2) is 14.6. The average Bonchev–Trinajstić information content (AvgIpc) is 3.36. The Bertz CT molecular complexity index is 1790. The Kier molecular flexibility index (Phi) is 10.8. The minimum Gasteiger partial charge on any atom is -0.496 e. The Morgan fingerprint density at radius 2 is 1.78 bits per heavy atom. The zero-order valence-electron chi connectivity index (χ0n) is 24.2. The first-order chi connectivity index (χ1) is 21.8. The number of halogens is 4. The summed E-state index contributed by atoms with van der Waals surface area (Å²) in [5.41, 5.74) is 2.47. The van der Waals surface area contributed by atoms with Gasteiger partial charge in [0.25, 0.3) is 10.0 Å². The molecule has 1 aliphatic heterocycles. The summed E-state index contributed by atoms with van der Waals surface area (Å²) in [6.45, 7) is 2.26. The molecule has 3 aromatic carbocycles. The van der Waals surface area contributed by atoms with Gasteiger partial charge in [0, 0.05) is 13.1 Å². The lowest BCUT2D eigenvalue weighted by molar-refractivity contribution is -0.192. The van der Waals surface area contributed by atoms with Gasteiger partial charge in [-0.05, 0) is 47.5 Å². The van der Waals surface area contributed by atoms with Crippen molar-refractivity contribution in [1.29, 1.82) is 0 Å². The molecule has 1 atom stereocenters. The van der Waals surface area contributed by atoms with E-state index >= 15 is 0 Å². The second-order valence-electron chi connectivity index (χ2n) is 9.84. The molecule has 0 aliphatic carbocycles. The van der Waals surface area contributed by atoms with Crippen molar-refractivity contribution in [3.05, 3.63) is 83.7 Å². The summed E-state index contributed by atoms with van der Waals surface area (Å²) in [5, 5.41) is 18.3. The number of aromatic nitrogens is 2. The third-order valence-electron chi connectivity index (χ3n) is 6.59. The van der Waals surface area contributed by atoms with E-state index in [-0.39, 0.29) is 22.7 Å². The topological polar surface area (TPSA) is 161 Å². The third kappa shape index (κ3) is 8.70. The molecule has 1 saturated heterocycles. The van der Waals surface area contributed by atoms with E-state index < -0.39 is 28.0 Å². The quantitative estimate of drug-likeness (QED) is 0.197. The highest BCUT2D eigenvalue weighted by atomic mass is 32.2. The highest BCUT2D eigenvalue weighted by molar-refractivity contribution is 7.92. The number of morpholine rings is 1. The first-order valence-electron chi connectivity index (χ1n) is 13.6. The number of alkyl halides is 3. The molecule has 0 saturated carbocycles. The lowest BCUT2D eigenvalue weighted by atomic mass is 10.1. The molecule has 2 heterocycles. The van der Waals surface area contributed by atoms with Gasteiger partial charge in [-0.1, -0.05) is 30.3 Å². The number of nitrogens with zero attached hydrogens (tertiary/aromatic N) is 2. The molecule has 1 fully saturated rings. The predicted octanol–water partition coefficient (Wildman–Crippen LogP) is 3.27. The summed E-state index contributed by atoms with van der Waals surface area (Å²) in [7, 11) is -2.54. The van der Waals surface area contributed by atoms with Crippen LogP contribution in [0.15, 0.2) is 71.6 Å². The van der Waals surface area contributed by atoms with E-state index in [1.807, 2.05) is 30.3 Å². The molecule has 0 unspecified atom stereocenters. The average molecular weight is 668 g/mol. The summed E-state index contributed by atoms with van der Waals surface area (Å²) in [6, 6.07) is 17.2. The van der Waals surface area contributed by atoms with E-state index in [2.05, 4.69) is 20.5 Å². The number of hydrogen-bond donors (Lipinski definition) is 4. The maximum absolute atomic E-state index is 13.3. The van der Waals surface area contributed by atoms with Crippen LogP contribution in [0.3, 0.4) is 0 Å². The maximum Gasteiger partial charge on any atom is 0.490 e. The Morgan fingerprint density at radius 3 is 2.41 bits per heavy atom. The van der Waals surface area contributed by atoms with Gasteiger partial charge >= 0.3 is 12.1 Å². The maximum atomic E-state index is 13.3. The van der Waals surface area contributed by atoms with Crippen molar-refractivity contribution < 1.29 is 50.1 Å². The van der Waals surface area contributed by atoms with Crippen LogP contribution >= 0.6 is 0 Å². The smallest absolute Gasteiger partial charge is 0.490 e. The minimum absolute atomic E-state index is 0.0914. The molecule has 17 heteroatoms. The van der Waals surface area contributed by atoms with E-state index in [1.165, 1.54) is 19.2 Å². The summed E-state index contributed by atoms with van der Waals surface area (Å²) >= 11 is 0. The van der Waals surface area contributed by atoms with Crippen molar-refractivity contribution >= 4 is 38.6 Å². The van der Waals surface area contributed by atoms with Crippen LogP contribution in [0.5, 0.6) is 5.75 Å².